The minimum absolute atomic E-state index is 0.200. The van der Waals surface area contributed by atoms with Crippen LogP contribution in [0.2, 0.25) is 0 Å². The van der Waals surface area contributed by atoms with E-state index in [2.05, 4.69) is 17.3 Å². The molecule has 0 fully saturated rings. The van der Waals surface area contributed by atoms with Crippen molar-refractivity contribution < 1.29 is 14.7 Å². The smallest absolute Gasteiger partial charge is 0.336 e. The van der Waals surface area contributed by atoms with E-state index in [0.717, 1.165) is 10.9 Å². The quantitative estimate of drug-likeness (QED) is 0.570. The van der Waals surface area contributed by atoms with Crippen molar-refractivity contribution >= 4 is 23.0 Å². The van der Waals surface area contributed by atoms with Crippen LogP contribution < -0.4 is 0 Å². The average molecular weight is 305 g/mol. The number of benzene rings is 3. The molecule has 114 valence electrons. The summed E-state index contributed by atoms with van der Waals surface area (Å²) in [4.78, 5) is 16.4. The number of oxime groups is 1. The fourth-order valence-corrected chi connectivity index (χ4v) is 2.34. The average Bonchev–Trinajstić information content (AvgIpc) is 2.59. The van der Waals surface area contributed by atoms with Crippen molar-refractivity contribution in [2.24, 2.45) is 5.16 Å². The fraction of sp³-hybridized carbons (Fsp3) is 0.0526. The number of nitrogens with zero attached hydrogens (tertiary/aromatic N) is 1. The SMILES string of the molecule is O=C(O)c1ccccc1/C=N/OCc1ccc2ccccc2c1. The third-order valence-corrected chi connectivity index (χ3v) is 3.50. The Morgan fingerprint density at radius 3 is 2.57 bits per heavy atom. The number of aromatic carboxylic acids is 1. The minimum Gasteiger partial charge on any atom is -0.478 e. The van der Waals surface area contributed by atoms with E-state index < -0.39 is 5.97 Å². The number of fused-ring (bicyclic) bond motifs is 1. The number of rotatable bonds is 5. The standard InChI is InChI=1S/C19H15NO3/c21-19(22)18-8-4-3-7-17(18)12-20-23-13-14-9-10-15-5-1-2-6-16(15)11-14/h1-12H,13H2,(H,21,22)/b20-12+. The Morgan fingerprint density at radius 1 is 1.00 bits per heavy atom. The van der Waals surface area contributed by atoms with Gasteiger partial charge in [0.05, 0.1) is 11.8 Å². The van der Waals surface area contributed by atoms with Gasteiger partial charge in [0, 0.05) is 5.56 Å². The van der Waals surface area contributed by atoms with E-state index in [1.165, 1.54) is 17.7 Å². The molecule has 1 N–H and O–H groups in total. The second-order valence-corrected chi connectivity index (χ2v) is 5.08. The van der Waals surface area contributed by atoms with Crippen LogP contribution >= 0.6 is 0 Å². The first kappa shape index (κ1) is 14.8. The predicted octanol–water partition coefficient (Wildman–Crippen LogP) is 4.09. The number of hydrogen-bond acceptors (Lipinski definition) is 3. The number of carboxylic acid groups (broad SMARTS) is 1. The summed E-state index contributed by atoms with van der Waals surface area (Å²) in [6, 6.07) is 20.8. The summed E-state index contributed by atoms with van der Waals surface area (Å²) in [7, 11) is 0. The highest BCUT2D eigenvalue weighted by Crippen LogP contribution is 2.16. The maximum atomic E-state index is 11.1. The molecule has 3 aromatic carbocycles. The van der Waals surface area contributed by atoms with E-state index >= 15 is 0 Å². The molecule has 0 unspecified atom stereocenters. The molecule has 0 saturated carbocycles. The first-order valence-corrected chi connectivity index (χ1v) is 7.19. The summed E-state index contributed by atoms with van der Waals surface area (Å²) in [5.41, 5.74) is 1.72. The van der Waals surface area contributed by atoms with Crippen LogP contribution in [0.5, 0.6) is 0 Å². The van der Waals surface area contributed by atoms with Gasteiger partial charge in [-0.1, -0.05) is 59.8 Å². The van der Waals surface area contributed by atoms with E-state index in [-0.39, 0.29) is 5.56 Å². The first-order valence-electron chi connectivity index (χ1n) is 7.19. The van der Waals surface area contributed by atoms with Crippen LogP contribution in [0.25, 0.3) is 10.8 Å². The maximum Gasteiger partial charge on any atom is 0.336 e. The summed E-state index contributed by atoms with van der Waals surface area (Å²) in [5, 5.41) is 15.3. The molecule has 0 aliphatic heterocycles. The summed E-state index contributed by atoms with van der Waals surface area (Å²) < 4.78 is 0. The zero-order valence-corrected chi connectivity index (χ0v) is 12.3. The Labute approximate surface area is 133 Å². The second kappa shape index (κ2) is 6.75. The molecular weight excluding hydrogens is 290 g/mol. The molecule has 0 saturated heterocycles. The van der Waals surface area contributed by atoms with Crippen molar-refractivity contribution in [2.45, 2.75) is 6.61 Å². The lowest BCUT2D eigenvalue weighted by Gasteiger charge is -2.03. The van der Waals surface area contributed by atoms with Crippen LogP contribution in [0.3, 0.4) is 0 Å². The molecule has 0 aliphatic rings. The first-order chi connectivity index (χ1) is 11.2. The zero-order chi connectivity index (χ0) is 16.1. The maximum absolute atomic E-state index is 11.1. The lowest BCUT2D eigenvalue weighted by atomic mass is 10.1. The molecule has 0 aliphatic carbocycles. The second-order valence-electron chi connectivity index (χ2n) is 5.08. The molecule has 23 heavy (non-hydrogen) atoms. The third-order valence-electron chi connectivity index (χ3n) is 3.50. The van der Waals surface area contributed by atoms with Gasteiger partial charge in [0.15, 0.2) is 0 Å². The summed E-state index contributed by atoms with van der Waals surface area (Å²) in [6.07, 6.45) is 1.42. The van der Waals surface area contributed by atoms with E-state index in [9.17, 15) is 4.79 Å². The van der Waals surface area contributed by atoms with Crippen molar-refractivity contribution in [3.8, 4) is 0 Å². The molecular formula is C19H15NO3. The number of hydrogen-bond donors (Lipinski definition) is 1. The van der Waals surface area contributed by atoms with Gasteiger partial charge < -0.3 is 9.94 Å². The highest BCUT2D eigenvalue weighted by Gasteiger charge is 2.06. The van der Waals surface area contributed by atoms with Gasteiger partial charge in [-0.3, -0.25) is 0 Å². The van der Waals surface area contributed by atoms with Crippen molar-refractivity contribution in [1.29, 1.82) is 0 Å². The molecule has 0 heterocycles. The third kappa shape index (κ3) is 3.55. The predicted molar refractivity (Wildman–Crippen MR) is 89.7 cm³/mol. The van der Waals surface area contributed by atoms with Gasteiger partial charge >= 0.3 is 5.97 Å². The summed E-state index contributed by atoms with van der Waals surface area (Å²) in [5.74, 6) is -0.985. The van der Waals surface area contributed by atoms with Crippen molar-refractivity contribution in [3.63, 3.8) is 0 Å². The number of carbonyl (C=O) groups is 1. The van der Waals surface area contributed by atoms with E-state index in [4.69, 9.17) is 9.94 Å². The number of carboxylic acids is 1. The normalized spacial score (nSPS) is 11.0. The van der Waals surface area contributed by atoms with Gasteiger partial charge in [-0.2, -0.15) is 0 Å². The molecule has 0 amide bonds. The molecule has 3 aromatic rings. The van der Waals surface area contributed by atoms with Gasteiger partial charge in [-0.15, -0.1) is 0 Å². The molecule has 0 atom stereocenters. The molecule has 0 bridgehead atoms. The zero-order valence-electron chi connectivity index (χ0n) is 12.3. The van der Waals surface area contributed by atoms with E-state index in [0.29, 0.717) is 12.2 Å². The van der Waals surface area contributed by atoms with Gasteiger partial charge in [-0.25, -0.2) is 4.79 Å². The largest absolute Gasteiger partial charge is 0.478 e. The van der Waals surface area contributed by atoms with Crippen LogP contribution in [-0.4, -0.2) is 17.3 Å². The highest BCUT2D eigenvalue weighted by molar-refractivity contribution is 5.98. The minimum atomic E-state index is -0.985. The molecule has 0 spiro atoms. The lowest BCUT2D eigenvalue weighted by molar-refractivity contribution is 0.0696. The fourth-order valence-electron chi connectivity index (χ4n) is 2.34. The van der Waals surface area contributed by atoms with E-state index in [1.807, 2.05) is 30.3 Å². The highest BCUT2D eigenvalue weighted by atomic mass is 16.6. The van der Waals surface area contributed by atoms with E-state index in [1.54, 1.807) is 18.2 Å². The Kier molecular flexibility index (Phi) is 4.34. The Balaban J connectivity index is 1.67. The molecule has 0 aromatic heterocycles. The topological polar surface area (TPSA) is 58.9 Å². The Hall–Kier alpha value is -3.14. The monoisotopic (exact) mass is 305 g/mol. The summed E-state index contributed by atoms with van der Waals surface area (Å²) in [6.45, 7) is 0.330. The molecule has 0 radical (unpaired) electrons. The van der Waals surface area contributed by atoms with Gasteiger partial charge in [-0.05, 0) is 28.5 Å². The lowest BCUT2D eigenvalue weighted by Crippen LogP contribution is -2.01. The van der Waals surface area contributed by atoms with Crippen LogP contribution in [0, 0.1) is 0 Å². The van der Waals surface area contributed by atoms with Crippen LogP contribution in [0.4, 0.5) is 0 Å². The Morgan fingerprint density at radius 2 is 1.74 bits per heavy atom. The van der Waals surface area contributed by atoms with Crippen molar-refractivity contribution in [3.05, 3.63) is 83.4 Å². The van der Waals surface area contributed by atoms with Crippen LogP contribution in [0.15, 0.2) is 71.9 Å². The molecule has 4 heteroatoms. The molecule has 3 rings (SSSR count). The van der Waals surface area contributed by atoms with Gasteiger partial charge in [0.25, 0.3) is 0 Å². The van der Waals surface area contributed by atoms with Crippen LogP contribution in [-0.2, 0) is 11.4 Å². The van der Waals surface area contributed by atoms with Crippen molar-refractivity contribution in [1.82, 2.24) is 0 Å². The summed E-state index contributed by atoms with van der Waals surface area (Å²) >= 11 is 0. The van der Waals surface area contributed by atoms with Crippen molar-refractivity contribution in [2.75, 3.05) is 0 Å². The van der Waals surface area contributed by atoms with Gasteiger partial charge in [0.2, 0.25) is 0 Å². The Bertz CT molecular complexity index is 871. The molecule has 4 nitrogen and oxygen atoms in total. The van der Waals surface area contributed by atoms with Crippen LogP contribution in [0.1, 0.15) is 21.5 Å². The van der Waals surface area contributed by atoms with Gasteiger partial charge in [0.1, 0.15) is 6.61 Å².